The van der Waals surface area contributed by atoms with Crippen LogP contribution in [0.1, 0.15) is 9.67 Å². The Morgan fingerprint density at radius 3 is 2.41 bits per heavy atom. The Hall–Kier alpha value is -2.54. The summed E-state index contributed by atoms with van der Waals surface area (Å²) in [4.78, 5) is 18.3. The first-order valence-corrected chi connectivity index (χ1v) is 9.72. The fraction of sp³-hybridized carbons (Fsp3) is 0.238. The fourth-order valence-corrected chi connectivity index (χ4v) is 3.92. The molecular weight excluding hydrogens is 360 g/mol. The second-order valence-electron chi connectivity index (χ2n) is 6.21. The van der Waals surface area contributed by atoms with Crippen molar-refractivity contribution in [3.63, 3.8) is 0 Å². The largest absolute Gasteiger partial charge is 0.376 e. The van der Waals surface area contributed by atoms with E-state index >= 15 is 0 Å². The van der Waals surface area contributed by atoms with Gasteiger partial charge in [-0.15, -0.1) is 11.3 Å². The van der Waals surface area contributed by atoms with Crippen LogP contribution in [0, 0.1) is 0 Å². The van der Waals surface area contributed by atoms with E-state index in [1.165, 1.54) is 11.3 Å². The van der Waals surface area contributed by atoms with Crippen LogP contribution in [0.5, 0.6) is 0 Å². The molecule has 5 nitrogen and oxygen atoms in total. The Kier molecular flexibility index (Phi) is 5.58. The summed E-state index contributed by atoms with van der Waals surface area (Å²) in [7, 11) is 0. The quantitative estimate of drug-likeness (QED) is 0.734. The van der Waals surface area contributed by atoms with Gasteiger partial charge < -0.3 is 14.8 Å². The molecule has 1 fully saturated rings. The molecule has 1 aliphatic rings. The molecule has 1 saturated heterocycles. The minimum Gasteiger partial charge on any atom is -0.376 e. The van der Waals surface area contributed by atoms with Crippen molar-refractivity contribution in [2.24, 2.45) is 0 Å². The van der Waals surface area contributed by atoms with Crippen molar-refractivity contribution in [1.82, 2.24) is 10.3 Å². The van der Waals surface area contributed by atoms with E-state index in [9.17, 15) is 4.79 Å². The van der Waals surface area contributed by atoms with Gasteiger partial charge in [0.1, 0.15) is 9.88 Å². The normalized spacial score (nSPS) is 16.8. The predicted octanol–water partition coefficient (Wildman–Crippen LogP) is 3.62. The highest BCUT2D eigenvalue weighted by Crippen LogP contribution is 2.33. The lowest BCUT2D eigenvalue weighted by Crippen LogP contribution is -2.39. The first kappa shape index (κ1) is 17.9. The number of rotatable bonds is 5. The van der Waals surface area contributed by atoms with Crippen molar-refractivity contribution in [3.05, 3.63) is 65.5 Å². The molecule has 3 aromatic rings. The summed E-state index contributed by atoms with van der Waals surface area (Å²) in [6, 6.07) is 19.7. The van der Waals surface area contributed by atoms with Crippen LogP contribution in [-0.4, -0.2) is 43.4 Å². The molecule has 1 aliphatic heterocycles. The van der Waals surface area contributed by atoms with Crippen molar-refractivity contribution in [3.8, 4) is 21.8 Å². The number of hydrogen-bond acceptors (Lipinski definition) is 5. The number of carbonyl (C=O) groups is 1. The molecule has 1 atom stereocenters. The van der Waals surface area contributed by atoms with Crippen LogP contribution in [0.4, 0.5) is 0 Å². The van der Waals surface area contributed by atoms with E-state index in [0.717, 1.165) is 16.1 Å². The van der Waals surface area contributed by atoms with Gasteiger partial charge in [-0.2, -0.15) is 0 Å². The molecule has 1 amide bonds. The van der Waals surface area contributed by atoms with Crippen molar-refractivity contribution < 1.29 is 14.3 Å². The Morgan fingerprint density at radius 1 is 1.04 bits per heavy atom. The maximum Gasteiger partial charge on any atom is 0.263 e. The van der Waals surface area contributed by atoms with Crippen LogP contribution >= 0.6 is 11.3 Å². The molecule has 0 saturated carbocycles. The third-order valence-corrected chi connectivity index (χ3v) is 5.38. The number of thiazole rings is 1. The molecule has 2 aromatic carbocycles. The Bertz CT molecular complexity index is 890. The van der Waals surface area contributed by atoms with Crippen LogP contribution in [0.3, 0.4) is 0 Å². The number of nitrogens with zero attached hydrogens (tertiary/aromatic N) is 1. The van der Waals surface area contributed by atoms with Gasteiger partial charge in [-0.1, -0.05) is 60.7 Å². The molecule has 0 radical (unpaired) electrons. The van der Waals surface area contributed by atoms with Gasteiger partial charge >= 0.3 is 0 Å². The van der Waals surface area contributed by atoms with Crippen LogP contribution in [0.15, 0.2) is 60.7 Å². The van der Waals surface area contributed by atoms with Crippen LogP contribution in [0.2, 0.25) is 0 Å². The number of ether oxygens (including phenoxy) is 2. The predicted molar refractivity (Wildman–Crippen MR) is 106 cm³/mol. The molecule has 0 spiro atoms. The number of hydrogen-bond donors (Lipinski definition) is 1. The molecule has 6 heteroatoms. The first-order chi connectivity index (χ1) is 13.3. The third-order valence-electron chi connectivity index (χ3n) is 4.28. The van der Waals surface area contributed by atoms with E-state index in [-0.39, 0.29) is 12.0 Å². The molecule has 1 N–H and O–H groups in total. The highest BCUT2D eigenvalue weighted by atomic mass is 32.1. The van der Waals surface area contributed by atoms with Crippen LogP contribution in [-0.2, 0) is 9.47 Å². The lowest BCUT2D eigenvalue weighted by atomic mass is 10.1. The van der Waals surface area contributed by atoms with E-state index in [4.69, 9.17) is 14.5 Å². The zero-order valence-corrected chi connectivity index (χ0v) is 15.6. The fourth-order valence-electron chi connectivity index (χ4n) is 2.91. The number of nitrogens with one attached hydrogen (secondary N) is 1. The summed E-state index contributed by atoms with van der Waals surface area (Å²) >= 11 is 1.41. The molecule has 2 heterocycles. The topological polar surface area (TPSA) is 60.5 Å². The van der Waals surface area contributed by atoms with E-state index in [1.807, 2.05) is 60.7 Å². The average Bonchev–Trinajstić information content (AvgIpc) is 3.20. The number of benzene rings is 2. The van der Waals surface area contributed by atoms with Crippen molar-refractivity contribution >= 4 is 17.2 Å². The highest BCUT2D eigenvalue weighted by Gasteiger charge is 2.22. The summed E-state index contributed by atoms with van der Waals surface area (Å²) in [6.07, 6.45) is -0.107. The third kappa shape index (κ3) is 4.24. The SMILES string of the molecule is O=C(NC[C@H]1COCCO1)c1sc(-c2ccccc2)nc1-c1ccccc1. The smallest absolute Gasteiger partial charge is 0.263 e. The number of amides is 1. The average molecular weight is 380 g/mol. The van der Waals surface area contributed by atoms with Gasteiger partial charge in [-0.3, -0.25) is 4.79 Å². The van der Waals surface area contributed by atoms with E-state index in [1.54, 1.807) is 0 Å². The van der Waals surface area contributed by atoms with Gasteiger partial charge in [0.25, 0.3) is 5.91 Å². The molecule has 4 rings (SSSR count). The molecule has 0 bridgehead atoms. The second-order valence-corrected chi connectivity index (χ2v) is 7.21. The van der Waals surface area contributed by atoms with E-state index in [0.29, 0.717) is 36.9 Å². The summed E-state index contributed by atoms with van der Waals surface area (Å²) in [5.74, 6) is -0.136. The zero-order chi connectivity index (χ0) is 18.5. The van der Waals surface area contributed by atoms with Gasteiger partial charge in [0.05, 0.1) is 31.6 Å². The standard InChI is InChI=1S/C21H20N2O3S/c24-20(22-13-17-14-25-11-12-26-17)19-18(15-7-3-1-4-8-15)23-21(27-19)16-9-5-2-6-10-16/h1-10,17H,11-14H2,(H,22,24)/t17-/m0/s1. The zero-order valence-electron chi connectivity index (χ0n) is 14.8. The van der Waals surface area contributed by atoms with E-state index in [2.05, 4.69) is 5.32 Å². The molecule has 138 valence electrons. The van der Waals surface area contributed by atoms with Crippen LogP contribution < -0.4 is 5.32 Å². The number of aromatic nitrogens is 1. The lowest BCUT2D eigenvalue weighted by molar-refractivity contribution is -0.0855. The summed E-state index contributed by atoms with van der Waals surface area (Å²) in [6.45, 7) is 2.10. The van der Waals surface area contributed by atoms with E-state index < -0.39 is 0 Å². The Labute approximate surface area is 162 Å². The van der Waals surface area contributed by atoms with Gasteiger partial charge in [0, 0.05) is 17.7 Å². The van der Waals surface area contributed by atoms with Gasteiger partial charge in [-0.25, -0.2) is 4.98 Å². The van der Waals surface area contributed by atoms with Crippen molar-refractivity contribution in [1.29, 1.82) is 0 Å². The van der Waals surface area contributed by atoms with Crippen molar-refractivity contribution in [2.45, 2.75) is 6.10 Å². The molecule has 0 aliphatic carbocycles. The number of carbonyl (C=O) groups excluding carboxylic acids is 1. The summed E-state index contributed by atoms with van der Waals surface area (Å²) < 4.78 is 11.0. The highest BCUT2D eigenvalue weighted by molar-refractivity contribution is 7.17. The maximum atomic E-state index is 12.9. The summed E-state index contributed by atoms with van der Waals surface area (Å²) in [5.41, 5.74) is 2.64. The molecule has 27 heavy (non-hydrogen) atoms. The minimum atomic E-state index is -0.136. The van der Waals surface area contributed by atoms with Crippen LogP contribution in [0.25, 0.3) is 21.8 Å². The maximum absolute atomic E-state index is 12.9. The first-order valence-electron chi connectivity index (χ1n) is 8.90. The van der Waals surface area contributed by atoms with Gasteiger partial charge in [0.2, 0.25) is 0 Å². The van der Waals surface area contributed by atoms with Gasteiger partial charge in [0.15, 0.2) is 0 Å². The van der Waals surface area contributed by atoms with Gasteiger partial charge in [-0.05, 0) is 0 Å². The molecule has 1 aromatic heterocycles. The Morgan fingerprint density at radius 2 is 1.74 bits per heavy atom. The molecular formula is C21H20N2O3S. The van der Waals surface area contributed by atoms with Crippen molar-refractivity contribution in [2.75, 3.05) is 26.4 Å². The lowest BCUT2D eigenvalue weighted by Gasteiger charge is -2.22. The Balaban J connectivity index is 1.61. The monoisotopic (exact) mass is 380 g/mol. The second kappa shape index (κ2) is 8.43. The summed E-state index contributed by atoms with van der Waals surface area (Å²) in [5, 5.41) is 3.80. The minimum absolute atomic E-state index is 0.107. The molecule has 0 unspecified atom stereocenters.